The maximum Gasteiger partial charge on any atom is 0.228 e. The topological polar surface area (TPSA) is 41.1 Å². The van der Waals surface area contributed by atoms with Crippen LogP contribution in [-0.2, 0) is 24.2 Å². The van der Waals surface area contributed by atoms with Crippen LogP contribution in [0, 0.1) is 0 Å². The largest absolute Gasteiger partial charge is 0.326 e. The third kappa shape index (κ3) is 3.43. The Hall–Kier alpha value is -1.84. The second-order valence-corrected chi connectivity index (χ2v) is 5.66. The summed E-state index contributed by atoms with van der Waals surface area (Å²) >= 11 is 5.85. The minimum atomic E-state index is 0.00394. The van der Waals surface area contributed by atoms with Gasteiger partial charge in [-0.05, 0) is 47.9 Å². The number of anilines is 1. The molecule has 0 aliphatic carbocycles. The number of hydrogen-bond acceptors (Lipinski definition) is 2. The van der Waals surface area contributed by atoms with E-state index in [-0.39, 0.29) is 5.91 Å². The summed E-state index contributed by atoms with van der Waals surface area (Å²) in [4.78, 5) is 12.2. The van der Waals surface area contributed by atoms with E-state index in [0.29, 0.717) is 11.4 Å². The van der Waals surface area contributed by atoms with Crippen molar-refractivity contribution < 1.29 is 4.79 Å². The summed E-state index contributed by atoms with van der Waals surface area (Å²) in [5.41, 5.74) is 4.42. The van der Waals surface area contributed by atoms with Crippen molar-refractivity contribution in [2.24, 2.45) is 0 Å². The Kier molecular flexibility index (Phi) is 4.23. The lowest BCUT2D eigenvalue weighted by Crippen LogP contribution is -2.25. The fourth-order valence-electron chi connectivity index (χ4n) is 2.63. The van der Waals surface area contributed by atoms with Gasteiger partial charge in [-0.3, -0.25) is 4.79 Å². The van der Waals surface area contributed by atoms with Gasteiger partial charge in [0.15, 0.2) is 0 Å². The first-order valence-electron chi connectivity index (χ1n) is 7.08. The Balaban J connectivity index is 1.71. The van der Waals surface area contributed by atoms with E-state index in [1.165, 1.54) is 11.1 Å². The summed E-state index contributed by atoms with van der Waals surface area (Å²) in [6, 6.07) is 13.4. The number of halogens is 1. The van der Waals surface area contributed by atoms with E-state index in [2.05, 4.69) is 16.7 Å². The molecule has 0 unspecified atom stereocenters. The van der Waals surface area contributed by atoms with Crippen molar-refractivity contribution in [3.63, 3.8) is 0 Å². The van der Waals surface area contributed by atoms with E-state index >= 15 is 0 Å². The van der Waals surface area contributed by atoms with Gasteiger partial charge in [-0.1, -0.05) is 35.9 Å². The molecule has 1 aliphatic heterocycles. The molecule has 2 aromatic carbocycles. The predicted octanol–water partition coefficient (Wildman–Crippen LogP) is 3.17. The molecule has 1 amide bonds. The van der Waals surface area contributed by atoms with Crippen molar-refractivity contribution in [3.8, 4) is 0 Å². The lowest BCUT2D eigenvalue weighted by molar-refractivity contribution is -0.115. The maximum atomic E-state index is 12.2. The Morgan fingerprint density at radius 1 is 1.19 bits per heavy atom. The Bertz CT molecular complexity index is 652. The van der Waals surface area contributed by atoms with Crippen molar-refractivity contribution in [1.29, 1.82) is 0 Å². The van der Waals surface area contributed by atoms with Gasteiger partial charge in [0.1, 0.15) is 0 Å². The van der Waals surface area contributed by atoms with Gasteiger partial charge >= 0.3 is 0 Å². The molecule has 1 heterocycles. The van der Waals surface area contributed by atoms with Crippen LogP contribution in [0.3, 0.4) is 0 Å². The van der Waals surface area contributed by atoms with Crippen molar-refractivity contribution >= 4 is 23.2 Å². The predicted molar refractivity (Wildman–Crippen MR) is 85.6 cm³/mol. The molecule has 2 N–H and O–H groups in total. The molecule has 0 saturated heterocycles. The highest BCUT2D eigenvalue weighted by atomic mass is 35.5. The zero-order chi connectivity index (χ0) is 14.7. The summed E-state index contributed by atoms with van der Waals surface area (Å²) in [6.45, 7) is 1.83. The molecule has 3 rings (SSSR count). The molecule has 1 aliphatic rings. The Labute approximate surface area is 129 Å². The fraction of sp³-hybridized carbons (Fsp3) is 0.235. The van der Waals surface area contributed by atoms with Crippen LogP contribution in [0.2, 0.25) is 5.02 Å². The summed E-state index contributed by atoms with van der Waals surface area (Å²) < 4.78 is 0. The molecular weight excluding hydrogens is 284 g/mol. The summed E-state index contributed by atoms with van der Waals surface area (Å²) in [6.07, 6.45) is 1.31. The lowest BCUT2D eigenvalue weighted by Gasteiger charge is -2.20. The smallest absolute Gasteiger partial charge is 0.228 e. The van der Waals surface area contributed by atoms with E-state index in [1.807, 2.05) is 24.3 Å². The van der Waals surface area contributed by atoms with Crippen LogP contribution in [0.1, 0.15) is 16.7 Å². The molecule has 0 saturated carbocycles. The molecule has 0 fully saturated rings. The molecule has 2 aromatic rings. The number of benzene rings is 2. The molecule has 0 radical (unpaired) electrons. The first-order valence-corrected chi connectivity index (χ1v) is 7.46. The van der Waals surface area contributed by atoms with Crippen LogP contribution in [0.25, 0.3) is 0 Å². The molecule has 108 valence electrons. The minimum absolute atomic E-state index is 0.00394. The van der Waals surface area contributed by atoms with Gasteiger partial charge in [0.25, 0.3) is 0 Å². The monoisotopic (exact) mass is 300 g/mol. The molecule has 4 heteroatoms. The van der Waals surface area contributed by atoms with Gasteiger partial charge in [-0.15, -0.1) is 0 Å². The van der Waals surface area contributed by atoms with Gasteiger partial charge in [0.05, 0.1) is 6.42 Å². The van der Waals surface area contributed by atoms with Gasteiger partial charge in [-0.2, -0.15) is 0 Å². The normalized spacial score (nSPS) is 13.6. The van der Waals surface area contributed by atoms with Crippen molar-refractivity contribution in [3.05, 3.63) is 64.2 Å². The number of carbonyl (C=O) groups excluding carboxylic acids is 1. The molecule has 0 spiro atoms. The summed E-state index contributed by atoms with van der Waals surface area (Å²) in [7, 11) is 0. The lowest BCUT2D eigenvalue weighted by atomic mass is 9.99. The number of carbonyl (C=O) groups is 1. The quantitative estimate of drug-likeness (QED) is 0.914. The van der Waals surface area contributed by atoms with Gasteiger partial charge in [0, 0.05) is 17.3 Å². The number of fused-ring (bicyclic) bond motifs is 1. The van der Waals surface area contributed by atoms with Crippen molar-refractivity contribution in [2.45, 2.75) is 19.4 Å². The standard InChI is InChI=1S/C17H17ClN2O/c18-14-6-4-12(5-7-14)10-17(21)20-16-3-1-2-13-11-19-9-8-15(13)16/h1-7,19H,8-11H2,(H,20,21). The maximum absolute atomic E-state index is 12.2. The minimum Gasteiger partial charge on any atom is -0.326 e. The highest BCUT2D eigenvalue weighted by Gasteiger charge is 2.14. The number of hydrogen-bond donors (Lipinski definition) is 2. The van der Waals surface area contributed by atoms with Gasteiger partial charge in [0.2, 0.25) is 5.91 Å². The number of rotatable bonds is 3. The first-order chi connectivity index (χ1) is 10.2. The van der Waals surface area contributed by atoms with E-state index in [4.69, 9.17) is 11.6 Å². The Morgan fingerprint density at radius 3 is 2.81 bits per heavy atom. The van der Waals surface area contributed by atoms with Gasteiger partial charge < -0.3 is 10.6 Å². The Morgan fingerprint density at radius 2 is 2.00 bits per heavy atom. The molecule has 0 aromatic heterocycles. The van der Waals surface area contributed by atoms with Crippen LogP contribution >= 0.6 is 11.6 Å². The average molecular weight is 301 g/mol. The van der Waals surface area contributed by atoms with E-state index in [9.17, 15) is 4.79 Å². The molecular formula is C17H17ClN2O. The molecule has 3 nitrogen and oxygen atoms in total. The number of amides is 1. The van der Waals surface area contributed by atoms with Gasteiger partial charge in [-0.25, -0.2) is 0 Å². The second-order valence-electron chi connectivity index (χ2n) is 5.22. The van der Waals surface area contributed by atoms with Crippen molar-refractivity contribution in [1.82, 2.24) is 5.32 Å². The molecule has 0 bridgehead atoms. The SMILES string of the molecule is O=C(Cc1ccc(Cl)cc1)Nc1cccc2c1CCNC2. The summed E-state index contributed by atoms with van der Waals surface area (Å²) in [5.74, 6) is 0.00394. The third-order valence-corrected chi connectivity index (χ3v) is 3.94. The first kappa shape index (κ1) is 14.1. The highest BCUT2D eigenvalue weighted by molar-refractivity contribution is 6.30. The average Bonchev–Trinajstić information content (AvgIpc) is 2.50. The van der Waals surface area contributed by atoms with Crippen LogP contribution < -0.4 is 10.6 Å². The van der Waals surface area contributed by atoms with Crippen LogP contribution in [-0.4, -0.2) is 12.5 Å². The van der Waals surface area contributed by atoms with Crippen LogP contribution in [0.5, 0.6) is 0 Å². The second kappa shape index (κ2) is 6.29. The zero-order valence-electron chi connectivity index (χ0n) is 11.7. The molecule has 21 heavy (non-hydrogen) atoms. The number of nitrogens with one attached hydrogen (secondary N) is 2. The zero-order valence-corrected chi connectivity index (χ0v) is 12.4. The van der Waals surface area contributed by atoms with Crippen LogP contribution in [0.15, 0.2) is 42.5 Å². The van der Waals surface area contributed by atoms with E-state index in [0.717, 1.165) is 30.8 Å². The fourth-order valence-corrected chi connectivity index (χ4v) is 2.76. The molecule has 0 atom stereocenters. The van der Waals surface area contributed by atoms with E-state index < -0.39 is 0 Å². The van der Waals surface area contributed by atoms with Crippen LogP contribution in [0.4, 0.5) is 5.69 Å². The third-order valence-electron chi connectivity index (χ3n) is 3.69. The van der Waals surface area contributed by atoms with E-state index in [1.54, 1.807) is 12.1 Å². The summed E-state index contributed by atoms with van der Waals surface area (Å²) in [5, 5.41) is 7.06. The van der Waals surface area contributed by atoms with Crippen molar-refractivity contribution in [2.75, 3.05) is 11.9 Å². The highest BCUT2D eigenvalue weighted by Crippen LogP contribution is 2.23.